The minimum Gasteiger partial charge on any atom is -0.463 e. The fourth-order valence-corrected chi connectivity index (χ4v) is 2.43. The second-order valence-corrected chi connectivity index (χ2v) is 5.21. The standard InChI is InChI=1S/C18H22O4/c1-5-22-18(21)12(2)11-16(15-9-7-6-8-10-15)17(13(3)19)14(4)20/h6-11,16-17H,5H2,1-4H3/b12-11+. The maximum absolute atomic E-state index is 11.9. The van der Waals surface area contributed by atoms with Crippen LogP contribution in [0.4, 0.5) is 0 Å². The number of carbonyl (C=O) groups excluding carboxylic acids is 3. The number of allylic oxidation sites excluding steroid dienone is 1. The molecule has 0 aliphatic carbocycles. The number of Topliss-reactive ketones (excluding diaryl/α,β-unsaturated/α-hetero) is 2. The lowest BCUT2D eigenvalue weighted by atomic mass is 9.80. The lowest BCUT2D eigenvalue weighted by molar-refractivity contribution is -0.138. The Balaban J connectivity index is 3.29. The summed E-state index contributed by atoms with van der Waals surface area (Å²) >= 11 is 0. The highest BCUT2D eigenvalue weighted by atomic mass is 16.5. The van der Waals surface area contributed by atoms with E-state index < -0.39 is 17.8 Å². The van der Waals surface area contributed by atoms with Crippen LogP contribution in [0, 0.1) is 5.92 Å². The van der Waals surface area contributed by atoms with Gasteiger partial charge in [-0.25, -0.2) is 4.79 Å². The highest BCUT2D eigenvalue weighted by Gasteiger charge is 2.30. The van der Waals surface area contributed by atoms with E-state index in [4.69, 9.17) is 4.74 Å². The Kier molecular flexibility index (Phi) is 6.70. The van der Waals surface area contributed by atoms with Gasteiger partial charge in [0.1, 0.15) is 11.6 Å². The van der Waals surface area contributed by atoms with Crippen molar-refractivity contribution in [2.24, 2.45) is 5.92 Å². The molecule has 22 heavy (non-hydrogen) atoms. The van der Waals surface area contributed by atoms with E-state index in [-0.39, 0.29) is 18.2 Å². The van der Waals surface area contributed by atoms with Crippen LogP contribution >= 0.6 is 0 Å². The molecule has 0 amide bonds. The summed E-state index contributed by atoms with van der Waals surface area (Å²) in [6, 6.07) is 9.23. The highest BCUT2D eigenvalue weighted by molar-refractivity contribution is 6.01. The molecule has 118 valence electrons. The van der Waals surface area contributed by atoms with Crippen molar-refractivity contribution >= 4 is 17.5 Å². The third kappa shape index (κ3) is 4.65. The Bertz CT molecular complexity index is 558. The van der Waals surface area contributed by atoms with Crippen molar-refractivity contribution < 1.29 is 19.1 Å². The van der Waals surface area contributed by atoms with Crippen molar-refractivity contribution in [1.82, 2.24) is 0 Å². The van der Waals surface area contributed by atoms with Crippen LogP contribution in [-0.4, -0.2) is 24.1 Å². The maximum atomic E-state index is 11.9. The van der Waals surface area contributed by atoms with Gasteiger partial charge in [-0.2, -0.15) is 0 Å². The summed E-state index contributed by atoms with van der Waals surface area (Å²) in [7, 11) is 0. The Morgan fingerprint density at radius 2 is 1.59 bits per heavy atom. The van der Waals surface area contributed by atoms with E-state index in [9.17, 15) is 14.4 Å². The molecule has 0 saturated carbocycles. The van der Waals surface area contributed by atoms with Gasteiger partial charge in [0.05, 0.1) is 12.5 Å². The molecule has 1 aromatic carbocycles. The summed E-state index contributed by atoms with van der Waals surface area (Å²) in [5.74, 6) is -2.13. The summed E-state index contributed by atoms with van der Waals surface area (Å²) in [6.45, 7) is 6.44. The van der Waals surface area contributed by atoms with Crippen LogP contribution in [0.25, 0.3) is 0 Å². The average Bonchev–Trinajstić information content (AvgIpc) is 2.46. The Morgan fingerprint density at radius 1 is 1.05 bits per heavy atom. The topological polar surface area (TPSA) is 60.4 Å². The third-order valence-corrected chi connectivity index (χ3v) is 3.45. The van der Waals surface area contributed by atoms with Crippen molar-refractivity contribution in [2.45, 2.75) is 33.6 Å². The summed E-state index contributed by atoms with van der Waals surface area (Å²) in [5, 5.41) is 0. The molecule has 0 radical (unpaired) electrons. The zero-order valence-corrected chi connectivity index (χ0v) is 13.5. The zero-order chi connectivity index (χ0) is 16.7. The van der Waals surface area contributed by atoms with Crippen LogP contribution in [0.15, 0.2) is 42.0 Å². The van der Waals surface area contributed by atoms with Crippen molar-refractivity contribution in [1.29, 1.82) is 0 Å². The van der Waals surface area contributed by atoms with E-state index in [1.807, 2.05) is 30.3 Å². The molecule has 0 aliphatic rings. The molecule has 0 aliphatic heterocycles. The number of rotatable bonds is 7. The minimum absolute atomic E-state index is 0.214. The first kappa shape index (κ1) is 17.8. The highest BCUT2D eigenvalue weighted by Crippen LogP contribution is 2.29. The molecule has 0 aromatic heterocycles. The minimum atomic E-state index is -0.799. The number of ketones is 2. The van der Waals surface area contributed by atoms with Gasteiger partial charge in [-0.05, 0) is 33.3 Å². The molecule has 1 aromatic rings. The van der Waals surface area contributed by atoms with Gasteiger partial charge in [0, 0.05) is 11.5 Å². The van der Waals surface area contributed by atoms with E-state index >= 15 is 0 Å². The van der Waals surface area contributed by atoms with E-state index in [1.165, 1.54) is 13.8 Å². The van der Waals surface area contributed by atoms with Crippen molar-refractivity contribution in [3.8, 4) is 0 Å². The molecular weight excluding hydrogens is 280 g/mol. The van der Waals surface area contributed by atoms with Gasteiger partial charge in [-0.15, -0.1) is 0 Å². The number of hydrogen-bond acceptors (Lipinski definition) is 4. The number of benzene rings is 1. The van der Waals surface area contributed by atoms with Crippen molar-refractivity contribution in [3.05, 3.63) is 47.5 Å². The molecule has 4 nitrogen and oxygen atoms in total. The van der Waals surface area contributed by atoms with E-state index in [2.05, 4.69) is 0 Å². The van der Waals surface area contributed by atoms with Gasteiger partial charge in [-0.3, -0.25) is 9.59 Å². The predicted octanol–water partition coefficient (Wildman–Crippen LogP) is 3.07. The first-order valence-corrected chi connectivity index (χ1v) is 7.29. The SMILES string of the molecule is CCOC(=O)/C(C)=C/C(c1ccccc1)C(C(C)=O)C(C)=O. The van der Waals surface area contributed by atoms with Gasteiger partial charge in [0.15, 0.2) is 0 Å². The van der Waals surface area contributed by atoms with Crippen LogP contribution in [0.1, 0.15) is 39.2 Å². The Labute approximate surface area is 131 Å². The van der Waals surface area contributed by atoms with Crippen LogP contribution in [0.2, 0.25) is 0 Å². The summed E-state index contributed by atoms with van der Waals surface area (Å²) < 4.78 is 4.96. The lowest BCUT2D eigenvalue weighted by Crippen LogP contribution is -2.26. The van der Waals surface area contributed by atoms with Gasteiger partial charge >= 0.3 is 5.97 Å². The second kappa shape index (κ2) is 8.27. The predicted molar refractivity (Wildman–Crippen MR) is 84.4 cm³/mol. The van der Waals surface area contributed by atoms with Crippen LogP contribution in [-0.2, 0) is 19.1 Å². The summed E-state index contributed by atoms with van der Waals surface area (Å²) in [6.07, 6.45) is 1.65. The lowest BCUT2D eigenvalue weighted by Gasteiger charge is -2.21. The number of esters is 1. The fourth-order valence-electron chi connectivity index (χ4n) is 2.43. The van der Waals surface area contributed by atoms with Crippen LogP contribution in [0.3, 0.4) is 0 Å². The number of hydrogen-bond donors (Lipinski definition) is 0. The molecule has 4 heteroatoms. The molecule has 0 N–H and O–H groups in total. The van der Waals surface area contributed by atoms with Crippen LogP contribution in [0.5, 0.6) is 0 Å². The molecule has 0 spiro atoms. The average molecular weight is 302 g/mol. The molecule has 0 fully saturated rings. The molecule has 1 rings (SSSR count). The van der Waals surface area contributed by atoms with Gasteiger partial charge in [0.25, 0.3) is 0 Å². The van der Waals surface area contributed by atoms with Crippen molar-refractivity contribution in [2.75, 3.05) is 6.61 Å². The summed E-state index contributed by atoms with van der Waals surface area (Å²) in [5.41, 5.74) is 1.21. The normalized spacial score (nSPS) is 12.9. The monoisotopic (exact) mass is 302 g/mol. The quantitative estimate of drug-likeness (QED) is 0.441. The summed E-state index contributed by atoms with van der Waals surface area (Å²) in [4.78, 5) is 35.6. The van der Waals surface area contributed by atoms with Crippen molar-refractivity contribution in [3.63, 3.8) is 0 Å². The molecular formula is C18H22O4. The largest absolute Gasteiger partial charge is 0.463 e. The third-order valence-electron chi connectivity index (χ3n) is 3.45. The smallest absolute Gasteiger partial charge is 0.333 e. The Hall–Kier alpha value is -2.23. The number of carbonyl (C=O) groups is 3. The zero-order valence-electron chi connectivity index (χ0n) is 13.5. The van der Waals surface area contributed by atoms with Gasteiger partial charge in [-0.1, -0.05) is 36.4 Å². The fraction of sp³-hybridized carbons (Fsp3) is 0.389. The van der Waals surface area contributed by atoms with E-state index in [1.54, 1.807) is 19.9 Å². The molecule has 1 atom stereocenters. The van der Waals surface area contributed by atoms with Gasteiger partial charge < -0.3 is 4.74 Å². The Morgan fingerprint density at radius 3 is 2.05 bits per heavy atom. The molecule has 0 bridgehead atoms. The second-order valence-electron chi connectivity index (χ2n) is 5.21. The van der Waals surface area contributed by atoms with Gasteiger partial charge in [0.2, 0.25) is 0 Å². The first-order chi connectivity index (χ1) is 10.4. The molecule has 0 heterocycles. The molecule has 1 unspecified atom stereocenters. The first-order valence-electron chi connectivity index (χ1n) is 7.29. The molecule has 0 saturated heterocycles. The van der Waals surface area contributed by atoms with E-state index in [0.29, 0.717) is 5.57 Å². The number of ether oxygens (including phenoxy) is 1. The van der Waals surface area contributed by atoms with Crippen LogP contribution < -0.4 is 0 Å². The maximum Gasteiger partial charge on any atom is 0.333 e. The van der Waals surface area contributed by atoms with E-state index in [0.717, 1.165) is 5.56 Å².